The highest BCUT2D eigenvalue weighted by molar-refractivity contribution is 5.88. The number of carboxylic acid groups (broad SMARTS) is 1. The molecular formula is C13H14N2O2. The number of nitrogens with zero attached hydrogens (tertiary/aromatic N) is 2. The molecule has 0 bridgehead atoms. The second kappa shape index (κ2) is 4.82. The molecule has 88 valence electrons. The minimum atomic E-state index is -0.904. The summed E-state index contributed by atoms with van der Waals surface area (Å²) in [5.74, 6) is -0.904. The molecule has 0 saturated carbocycles. The van der Waals surface area contributed by atoms with Gasteiger partial charge in [0.2, 0.25) is 0 Å². The summed E-state index contributed by atoms with van der Waals surface area (Å²) in [6, 6.07) is 8.78. The van der Waals surface area contributed by atoms with Gasteiger partial charge in [0.15, 0.2) is 0 Å². The van der Waals surface area contributed by atoms with Crippen molar-refractivity contribution in [3.63, 3.8) is 0 Å². The monoisotopic (exact) mass is 230 g/mol. The molecule has 0 amide bonds. The van der Waals surface area contributed by atoms with E-state index in [1.807, 2.05) is 22.9 Å². The van der Waals surface area contributed by atoms with Gasteiger partial charge in [0.05, 0.1) is 11.3 Å². The number of aromatic nitrogens is 2. The highest BCUT2D eigenvalue weighted by Gasteiger charge is 2.06. The second-order valence-corrected chi connectivity index (χ2v) is 3.82. The fraction of sp³-hybridized carbons (Fsp3) is 0.231. The molecule has 1 aromatic heterocycles. The van der Waals surface area contributed by atoms with E-state index >= 15 is 0 Å². The molecule has 0 saturated heterocycles. The Kier molecular flexibility index (Phi) is 3.23. The van der Waals surface area contributed by atoms with Crippen LogP contribution in [0.2, 0.25) is 0 Å². The molecule has 0 aliphatic heterocycles. The van der Waals surface area contributed by atoms with Crippen LogP contribution in [-0.4, -0.2) is 20.9 Å². The number of hydrogen-bond acceptors (Lipinski definition) is 2. The van der Waals surface area contributed by atoms with Gasteiger partial charge in [-0.15, -0.1) is 0 Å². The lowest BCUT2D eigenvalue weighted by molar-refractivity contribution is 0.0697. The van der Waals surface area contributed by atoms with Gasteiger partial charge in [0.25, 0.3) is 0 Å². The SMILES string of the molecule is CCCn1nccc1-c1ccc(C(=O)O)cc1. The van der Waals surface area contributed by atoms with Crippen molar-refractivity contribution >= 4 is 5.97 Å². The quantitative estimate of drug-likeness (QED) is 0.878. The van der Waals surface area contributed by atoms with Crippen molar-refractivity contribution in [3.8, 4) is 11.3 Å². The van der Waals surface area contributed by atoms with Crippen molar-refractivity contribution in [2.45, 2.75) is 19.9 Å². The van der Waals surface area contributed by atoms with Crippen LogP contribution in [0.5, 0.6) is 0 Å². The van der Waals surface area contributed by atoms with Gasteiger partial charge in [0, 0.05) is 12.7 Å². The van der Waals surface area contributed by atoms with Crippen LogP contribution in [0.15, 0.2) is 36.5 Å². The largest absolute Gasteiger partial charge is 0.478 e. The minimum absolute atomic E-state index is 0.301. The zero-order valence-electron chi connectivity index (χ0n) is 9.63. The van der Waals surface area contributed by atoms with Gasteiger partial charge in [-0.25, -0.2) is 4.79 Å². The predicted octanol–water partition coefficient (Wildman–Crippen LogP) is 2.66. The average molecular weight is 230 g/mol. The summed E-state index contributed by atoms with van der Waals surface area (Å²) in [5.41, 5.74) is 2.31. The molecular weight excluding hydrogens is 216 g/mol. The van der Waals surface area contributed by atoms with E-state index in [2.05, 4.69) is 12.0 Å². The van der Waals surface area contributed by atoms with Crippen molar-refractivity contribution in [1.29, 1.82) is 0 Å². The minimum Gasteiger partial charge on any atom is -0.478 e. The van der Waals surface area contributed by atoms with E-state index in [0.717, 1.165) is 24.2 Å². The van der Waals surface area contributed by atoms with Crippen LogP contribution in [0.4, 0.5) is 0 Å². The molecule has 2 rings (SSSR count). The van der Waals surface area contributed by atoms with Crippen molar-refractivity contribution in [1.82, 2.24) is 9.78 Å². The van der Waals surface area contributed by atoms with Crippen LogP contribution in [-0.2, 0) is 6.54 Å². The molecule has 2 aromatic rings. The second-order valence-electron chi connectivity index (χ2n) is 3.82. The van der Waals surface area contributed by atoms with Gasteiger partial charge in [-0.05, 0) is 30.2 Å². The Hall–Kier alpha value is -2.10. The molecule has 1 N–H and O–H groups in total. The third-order valence-corrected chi connectivity index (χ3v) is 2.58. The lowest BCUT2D eigenvalue weighted by Crippen LogP contribution is -2.01. The molecule has 0 aliphatic rings. The Morgan fingerprint density at radius 2 is 2.00 bits per heavy atom. The average Bonchev–Trinajstić information content (AvgIpc) is 2.78. The van der Waals surface area contributed by atoms with Gasteiger partial charge >= 0.3 is 5.97 Å². The number of benzene rings is 1. The highest BCUT2D eigenvalue weighted by Crippen LogP contribution is 2.19. The Morgan fingerprint density at radius 3 is 2.59 bits per heavy atom. The third-order valence-electron chi connectivity index (χ3n) is 2.58. The lowest BCUT2D eigenvalue weighted by atomic mass is 10.1. The Morgan fingerprint density at radius 1 is 1.29 bits per heavy atom. The molecule has 4 nitrogen and oxygen atoms in total. The summed E-state index contributed by atoms with van der Waals surface area (Å²) >= 11 is 0. The van der Waals surface area contributed by atoms with Crippen LogP contribution < -0.4 is 0 Å². The molecule has 4 heteroatoms. The van der Waals surface area contributed by atoms with Gasteiger partial charge in [-0.3, -0.25) is 4.68 Å². The number of aromatic carboxylic acids is 1. The first-order valence-corrected chi connectivity index (χ1v) is 5.58. The standard InChI is InChI=1S/C13H14N2O2/c1-2-9-15-12(7-8-14-15)10-3-5-11(6-4-10)13(16)17/h3-8H,2,9H2,1H3,(H,16,17). The maximum absolute atomic E-state index is 10.8. The van der Waals surface area contributed by atoms with Gasteiger partial charge in [0.1, 0.15) is 0 Å². The molecule has 17 heavy (non-hydrogen) atoms. The lowest BCUT2D eigenvalue weighted by Gasteiger charge is -2.06. The molecule has 0 fully saturated rings. The summed E-state index contributed by atoms with van der Waals surface area (Å²) in [7, 11) is 0. The van der Waals surface area contributed by atoms with Gasteiger partial charge < -0.3 is 5.11 Å². The van der Waals surface area contributed by atoms with E-state index in [4.69, 9.17) is 5.11 Å². The first-order chi connectivity index (χ1) is 8.22. The van der Waals surface area contributed by atoms with Crippen LogP contribution >= 0.6 is 0 Å². The number of carboxylic acids is 1. The molecule has 0 atom stereocenters. The maximum Gasteiger partial charge on any atom is 0.335 e. The summed E-state index contributed by atoms with van der Waals surface area (Å²) in [4.78, 5) is 10.8. The first-order valence-electron chi connectivity index (χ1n) is 5.58. The van der Waals surface area contributed by atoms with Crippen LogP contribution in [0.1, 0.15) is 23.7 Å². The number of aryl methyl sites for hydroxylation is 1. The molecule has 0 aliphatic carbocycles. The fourth-order valence-electron chi connectivity index (χ4n) is 1.75. The molecule has 0 unspecified atom stereocenters. The predicted molar refractivity (Wildman–Crippen MR) is 64.9 cm³/mol. The summed E-state index contributed by atoms with van der Waals surface area (Å²) < 4.78 is 1.93. The number of hydrogen-bond donors (Lipinski definition) is 1. The van der Waals surface area contributed by atoms with E-state index in [9.17, 15) is 4.79 Å². The Balaban J connectivity index is 2.33. The smallest absolute Gasteiger partial charge is 0.335 e. The molecule has 0 spiro atoms. The normalized spacial score (nSPS) is 10.4. The zero-order chi connectivity index (χ0) is 12.3. The number of rotatable bonds is 4. The van der Waals surface area contributed by atoms with Gasteiger partial charge in [-0.2, -0.15) is 5.10 Å². The topological polar surface area (TPSA) is 55.1 Å². The fourth-order valence-corrected chi connectivity index (χ4v) is 1.75. The Bertz CT molecular complexity index is 514. The van der Waals surface area contributed by atoms with E-state index in [1.165, 1.54) is 0 Å². The molecule has 1 heterocycles. The van der Waals surface area contributed by atoms with Crippen LogP contribution in [0, 0.1) is 0 Å². The van der Waals surface area contributed by atoms with Crippen molar-refractivity contribution in [2.24, 2.45) is 0 Å². The highest BCUT2D eigenvalue weighted by atomic mass is 16.4. The van der Waals surface area contributed by atoms with Crippen molar-refractivity contribution < 1.29 is 9.90 Å². The van der Waals surface area contributed by atoms with Gasteiger partial charge in [-0.1, -0.05) is 19.1 Å². The third kappa shape index (κ3) is 2.36. The summed E-state index contributed by atoms with van der Waals surface area (Å²) in [5, 5.41) is 13.1. The zero-order valence-corrected chi connectivity index (χ0v) is 9.63. The van der Waals surface area contributed by atoms with E-state index in [-0.39, 0.29) is 0 Å². The van der Waals surface area contributed by atoms with Crippen LogP contribution in [0.3, 0.4) is 0 Å². The Labute approximate surface area is 99.5 Å². The molecule has 1 aromatic carbocycles. The summed E-state index contributed by atoms with van der Waals surface area (Å²) in [6.45, 7) is 2.96. The molecule has 0 radical (unpaired) electrons. The van der Waals surface area contributed by atoms with E-state index in [1.54, 1.807) is 18.3 Å². The van der Waals surface area contributed by atoms with Crippen LogP contribution in [0.25, 0.3) is 11.3 Å². The van der Waals surface area contributed by atoms with Crippen molar-refractivity contribution in [2.75, 3.05) is 0 Å². The number of carbonyl (C=O) groups is 1. The van der Waals surface area contributed by atoms with Crippen molar-refractivity contribution in [3.05, 3.63) is 42.1 Å². The first kappa shape index (κ1) is 11.4. The van der Waals surface area contributed by atoms with E-state index in [0.29, 0.717) is 5.56 Å². The van der Waals surface area contributed by atoms with E-state index < -0.39 is 5.97 Å². The summed E-state index contributed by atoms with van der Waals surface area (Å²) in [6.07, 6.45) is 2.78. The maximum atomic E-state index is 10.8.